The SMILES string of the molecule is Cc1ccc([C@H]2[C@@H](c3ccccn3)NC(=S)N2Cc2ccccn2)n1-c1cccnc1. The summed E-state index contributed by atoms with van der Waals surface area (Å²) in [5.74, 6) is 0. The number of pyridine rings is 3. The van der Waals surface area contributed by atoms with Crippen molar-refractivity contribution in [3.05, 3.63) is 108 Å². The molecule has 1 fully saturated rings. The molecule has 0 bridgehead atoms. The van der Waals surface area contributed by atoms with E-state index in [0.717, 1.165) is 28.5 Å². The van der Waals surface area contributed by atoms with Gasteiger partial charge in [0.2, 0.25) is 0 Å². The number of nitrogens with zero attached hydrogens (tertiary/aromatic N) is 5. The Kier molecular flexibility index (Phi) is 5.18. The Hall–Kier alpha value is -3.58. The third-order valence-corrected chi connectivity index (χ3v) is 5.92. The van der Waals surface area contributed by atoms with Crippen LogP contribution < -0.4 is 5.32 Å². The molecule has 0 amide bonds. The zero-order chi connectivity index (χ0) is 21.2. The normalized spacial score (nSPS) is 18.2. The maximum Gasteiger partial charge on any atom is 0.170 e. The van der Waals surface area contributed by atoms with E-state index in [0.29, 0.717) is 11.7 Å². The Morgan fingerprint density at radius 2 is 1.77 bits per heavy atom. The van der Waals surface area contributed by atoms with E-state index >= 15 is 0 Å². The van der Waals surface area contributed by atoms with Crippen LogP contribution in [0.25, 0.3) is 5.69 Å². The van der Waals surface area contributed by atoms with Crippen LogP contribution in [0, 0.1) is 6.92 Å². The summed E-state index contributed by atoms with van der Waals surface area (Å²) in [6, 6.07) is 20.1. The average molecular weight is 427 g/mol. The minimum atomic E-state index is -0.0814. The molecule has 0 radical (unpaired) electrons. The lowest BCUT2D eigenvalue weighted by molar-refractivity contribution is 0.299. The second-order valence-corrected chi connectivity index (χ2v) is 7.91. The molecule has 1 saturated heterocycles. The Labute approximate surface area is 186 Å². The molecule has 6 nitrogen and oxygen atoms in total. The third kappa shape index (κ3) is 3.68. The lowest BCUT2D eigenvalue weighted by atomic mass is 10.0. The molecule has 1 N–H and O–H groups in total. The van der Waals surface area contributed by atoms with E-state index in [1.54, 1.807) is 6.20 Å². The Bertz CT molecular complexity index is 1180. The van der Waals surface area contributed by atoms with Crippen LogP contribution in [0.5, 0.6) is 0 Å². The molecular formula is C24H22N6S. The highest BCUT2D eigenvalue weighted by atomic mass is 32.1. The lowest BCUT2D eigenvalue weighted by Crippen LogP contribution is -2.30. The van der Waals surface area contributed by atoms with Crippen molar-refractivity contribution in [2.45, 2.75) is 25.6 Å². The van der Waals surface area contributed by atoms with Gasteiger partial charge in [-0.1, -0.05) is 12.1 Å². The largest absolute Gasteiger partial charge is 0.352 e. The van der Waals surface area contributed by atoms with Crippen LogP contribution in [-0.4, -0.2) is 29.5 Å². The summed E-state index contributed by atoms with van der Waals surface area (Å²) in [5.41, 5.74) is 5.21. The number of hydrogen-bond donors (Lipinski definition) is 1. The average Bonchev–Trinajstić information content (AvgIpc) is 3.35. The third-order valence-electron chi connectivity index (χ3n) is 5.57. The van der Waals surface area contributed by atoms with Gasteiger partial charge in [0, 0.05) is 30.0 Å². The molecule has 0 aromatic carbocycles. The molecule has 0 unspecified atom stereocenters. The van der Waals surface area contributed by atoms with Crippen molar-refractivity contribution in [1.29, 1.82) is 0 Å². The first-order valence-electron chi connectivity index (χ1n) is 10.2. The lowest BCUT2D eigenvalue weighted by Gasteiger charge is -2.29. The highest BCUT2D eigenvalue weighted by Crippen LogP contribution is 2.40. The van der Waals surface area contributed by atoms with Gasteiger partial charge in [-0.05, 0) is 67.7 Å². The summed E-state index contributed by atoms with van der Waals surface area (Å²) >= 11 is 5.80. The van der Waals surface area contributed by atoms with Gasteiger partial charge in [0.05, 0.1) is 41.9 Å². The van der Waals surface area contributed by atoms with Crippen LogP contribution in [-0.2, 0) is 6.54 Å². The molecule has 0 spiro atoms. The highest BCUT2D eigenvalue weighted by Gasteiger charge is 2.41. The fourth-order valence-corrected chi connectivity index (χ4v) is 4.50. The Morgan fingerprint density at radius 3 is 2.48 bits per heavy atom. The van der Waals surface area contributed by atoms with Crippen LogP contribution in [0.3, 0.4) is 0 Å². The summed E-state index contributed by atoms with van der Waals surface area (Å²) in [6.45, 7) is 2.72. The zero-order valence-electron chi connectivity index (χ0n) is 17.1. The topological polar surface area (TPSA) is 58.9 Å². The van der Waals surface area contributed by atoms with Gasteiger partial charge in [-0.25, -0.2) is 0 Å². The van der Waals surface area contributed by atoms with Crippen molar-refractivity contribution in [2.75, 3.05) is 0 Å². The summed E-state index contributed by atoms with van der Waals surface area (Å²) < 4.78 is 2.24. The number of rotatable bonds is 5. The molecule has 4 aromatic rings. The Balaban J connectivity index is 1.63. The number of hydrogen-bond acceptors (Lipinski definition) is 4. The second kappa shape index (κ2) is 8.28. The molecule has 154 valence electrons. The maximum absolute atomic E-state index is 5.80. The van der Waals surface area contributed by atoms with Crippen LogP contribution >= 0.6 is 12.2 Å². The van der Waals surface area contributed by atoms with Crippen molar-refractivity contribution in [2.24, 2.45) is 0 Å². The molecular weight excluding hydrogens is 404 g/mol. The maximum atomic E-state index is 5.80. The van der Waals surface area contributed by atoms with Crippen molar-refractivity contribution in [1.82, 2.24) is 29.7 Å². The van der Waals surface area contributed by atoms with Crippen molar-refractivity contribution >= 4 is 17.3 Å². The molecule has 0 saturated carbocycles. The fourth-order valence-electron chi connectivity index (χ4n) is 4.19. The van der Waals surface area contributed by atoms with Crippen molar-refractivity contribution in [3.63, 3.8) is 0 Å². The monoisotopic (exact) mass is 426 g/mol. The minimum Gasteiger partial charge on any atom is -0.352 e. The second-order valence-electron chi connectivity index (χ2n) is 7.52. The van der Waals surface area contributed by atoms with E-state index < -0.39 is 0 Å². The summed E-state index contributed by atoms with van der Waals surface area (Å²) in [6.07, 6.45) is 7.31. The van der Waals surface area contributed by atoms with E-state index in [4.69, 9.17) is 12.2 Å². The van der Waals surface area contributed by atoms with E-state index in [-0.39, 0.29) is 12.1 Å². The minimum absolute atomic E-state index is 0.0571. The molecule has 5 heterocycles. The molecule has 4 aromatic heterocycles. The summed E-state index contributed by atoms with van der Waals surface area (Å²) in [4.78, 5) is 15.7. The van der Waals surface area contributed by atoms with Gasteiger partial charge in [0.15, 0.2) is 5.11 Å². The van der Waals surface area contributed by atoms with Crippen LogP contribution in [0.4, 0.5) is 0 Å². The molecule has 1 aliphatic rings. The summed E-state index contributed by atoms with van der Waals surface area (Å²) in [5, 5.41) is 4.21. The first-order valence-corrected chi connectivity index (χ1v) is 10.6. The molecule has 7 heteroatoms. The standard InChI is InChI=1S/C24H22N6S/c1-17-10-11-21(30(17)19-8-6-12-25-15-19)23-22(20-9-3-5-14-27-20)28-24(31)29(23)16-18-7-2-4-13-26-18/h2-15,22-23H,16H2,1H3,(H,28,31)/t22-,23+/m1/s1. The first-order chi connectivity index (χ1) is 15.2. The van der Waals surface area contributed by atoms with Crippen LogP contribution in [0.1, 0.15) is 34.9 Å². The van der Waals surface area contributed by atoms with E-state index in [2.05, 4.69) is 54.9 Å². The number of aryl methyl sites for hydroxylation is 1. The molecule has 5 rings (SSSR count). The number of aromatic nitrogens is 4. The number of nitrogens with one attached hydrogen (secondary N) is 1. The van der Waals surface area contributed by atoms with E-state index in [9.17, 15) is 0 Å². The molecule has 0 aliphatic carbocycles. The molecule has 2 atom stereocenters. The van der Waals surface area contributed by atoms with Gasteiger partial charge in [-0.2, -0.15) is 0 Å². The highest BCUT2D eigenvalue weighted by molar-refractivity contribution is 7.80. The quantitative estimate of drug-likeness (QED) is 0.484. The van der Waals surface area contributed by atoms with Gasteiger partial charge in [-0.3, -0.25) is 15.0 Å². The number of thiocarbonyl (C=S) groups is 1. The van der Waals surface area contributed by atoms with E-state index in [1.165, 1.54) is 0 Å². The van der Waals surface area contributed by atoms with Gasteiger partial charge in [0.1, 0.15) is 0 Å². The van der Waals surface area contributed by atoms with Gasteiger partial charge in [0.25, 0.3) is 0 Å². The van der Waals surface area contributed by atoms with E-state index in [1.807, 2.05) is 61.1 Å². The van der Waals surface area contributed by atoms with Gasteiger partial charge < -0.3 is 14.8 Å². The predicted molar refractivity (Wildman–Crippen MR) is 124 cm³/mol. The zero-order valence-corrected chi connectivity index (χ0v) is 17.9. The van der Waals surface area contributed by atoms with Gasteiger partial charge in [-0.15, -0.1) is 0 Å². The molecule has 1 aliphatic heterocycles. The van der Waals surface area contributed by atoms with Crippen LogP contribution in [0.2, 0.25) is 0 Å². The van der Waals surface area contributed by atoms with Crippen molar-refractivity contribution in [3.8, 4) is 5.69 Å². The predicted octanol–water partition coefficient (Wildman–Crippen LogP) is 4.14. The smallest absolute Gasteiger partial charge is 0.170 e. The van der Waals surface area contributed by atoms with Gasteiger partial charge >= 0.3 is 0 Å². The Morgan fingerprint density at radius 1 is 0.935 bits per heavy atom. The first kappa shape index (κ1) is 19.4. The summed E-state index contributed by atoms with van der Waals surface area (Å²) in [7, 11) is 0. The molecule has 31 heavy (non-hydrogen) atoms. The fraction of sp³-hybridized carbons (Fsp3) is 0.167. The van der Waals surface area contributed by atoms with Crippen LogP contribution in [0.15, 0.2) is 85.5 Å². The van der Waals surface area contributed by atoms with Crippen molar-refractivity contribution < 1.29 is 0 Å².